The molecule has 0 aliphatic carbocycles. The summed E-state index contributed by atoms with van der Waals surface area (Å²) in [6, 6.07) is 8.87. The van der Waals surface area contributed by atoms with Gasteiger partial charge in [0.15, 0.2) is 0 Å². The third kappa shape index (κ3) is 6.15. The largest absolute Gasteiger partial charge is 0.338 e. The van der Waals surface area contributed by atoms with Crippen LogP contribution in [-0.4, -0.2) is 48.1 Å². The van der Waals surface area contributed by atoms with Gasteiger partial charge in [-0.25, -0.2) is 4.79 Å². The normalized spacial score (nSPS) is 20.4. The standard InChI is InChI=1S/C22H35N3OS/c1-22(2,3)18-4-6-19(7-5-18)24-21(26)23-16-17-8-12-25(13-9-17)20-10-14-27-15-11-20/h4-7,17,20H,8-16H2,1-3H3,(H2,23,24,26). The van der Waals surface area contributed by atoms with E-state index in [0.29, 0.717) is 5.92 Å². The molecule has 3 rings (SSSR count). The molecule has 0 aromatic heterocycles. The fourth-order valence-corrected chi connectivity index (χ4v) is 5.12. The molecular formula is C22H35N3OS. The predicted molar refractivity (Wildman–Crippen MR) is 117 cm³/mol. The minimum atomic E-state index is -0.0924. The Kier molecular flexibility index (Phi) is 7.10. The van der Waals surface area contributed by atoms with Crippen molar-refractivity contribution >= 4 is 23.5 Å². The number of nitrogens with one attached hydrogen (secondary N) is 2. The predicted octanol–water partition coefficient (Wildman–Crippen LogP) is 4.71. The van der Waals surface area contributed by atoms with Crippen LogP contribution in [0.3, 0.4) is 0 Å². The van der Waals surface area contributed by atoms with Crippen molar-refractivity contribution in [1.29, 1.82) is 0 Å². The van der Waals surface area contributed by atoms with Crippen LogP contribution in [0, 0.1) is 5.92 Å². The van der Waals surface area contributed by atoms with Crippen LogP contribution < -0.4 is 10.6 Å². The lowest BCUT2D eigenvalue weighted by Crippen LogP contribution is -2.45. The van der Waals surface area contributed by atoms with Gasteiger partial charge >= 0.3 is 6.03 Å². The Labute approximate surface area is 168 Å². The molecule has 2 aliphatic heterocycles. The summed E-state index contributed by atoms with van der Waals surface area (Å²) in [4.78, 5) is 14.9. The number of carbonyl (C=O) groups is 1. The highest BCUT2D eigenvalue weighted by molar-refractivity contribution is 7.99. The fourth-order valence-electron chi connectivity index (χ4n) is 4.04. The Hall–Kier alpha value is -1.20. The molecule has 5 heteroatoms. The van der Waals surface area contributed by atoms with E-state index in [0.717, 1.165) is 18.3 Å². The Morgan fingerprint density at radius 3 is 2.30 bits per heavy atom. The second-order valence-corrected chi connectivity index (χ2v) is 10.2. The van der Waals surface area contributed by atoms with Gasteiger partial charge in [-0.2, -0.15) is 11.8 Å². The van der Waals surface area contributed by atoms with Gasteiger partial charge < -0.3 is 15.5 Å². The first kappa shape index (κ1) is 20.5. The first-order chi connectivity index (χ1) is 12.9. The molecule has 150 valence electrons. The van der Waals surface area contributed by atoms with Crippen LogP contribution in [0.1, 0.15) is 52.0 Å². The zero-order chi connectivity index (χ0) is 19.3. The van der Waals surface area contributed by atoms with E-state index < -0.39 is 0 Å². The number of thioether (sulfide) groups is 1. The zero-order valence-corrected chi connectivity index (χ0v) is 17.9. The first-order valence-corrected chi connectivity index (χ1v) is 11.5. The quantitative estimate of drug-likeness (QED) is 0.783. The monoisotopic (exact) mass is 389 g/mol. The van der Waals surface area contributed by atoms with Gasteiger partial charge in [-0.1, -0.05) is 32.9 Å². The number of amides is 2. The fraction of sp³-hybridized carbons (Fsp3) is 0.682. The van der Waals surface area contributed by atoms with Crippen LogP contribution in [0.25, 0.3) is 0 Å². The number of urea groups is 1. The van der Waals surface area contributed by atoms with E-state index in [1.54, 1.807) is 0 Å². The van der Waals surface area contributed by atoms with Crippen molar-refractivity contribution in [3.63, 3.8) is 0 Å². The van der Waals surface area contributed by atoms with Crippen LogP contribution in [0.15, 0.2) is 24.3 Å². The summed E-state index contributed by atoms with van der Waals surface area (Å²) in [7, 11) is 0. The van der Waals surface area contributed by atoms with Crippen molar-refractivity contribution in [1.82, 2.24) is 10.2 Å². The van der Waals surface area contributed by atoms with E-state index in [2.05, 4.69) is 60.2 Å². The summed E-state index contributed by atoms with van der Waals surface area (Å²) < 4.78 is 0. The number of hydrogen-bond acceptors (Lipinski definition) is 3. The maximum Gasteiger partial charge on any atom is 0.319 e. The molecule has 2 heterocycles. The minimum absolute atomic E-state index is 0.0924. The Morgan fingerprint density at radius 1 is 1.07 bits per heavy atom. The summed E-state index contributed by atoms with van der Waals surface area (Å²) >= 11 is 2.10. The molecule has 4 nitrogen and oxygen atoms in total. The average molecular weight is 390 g/mol. The van der Waals surface area contributed by atoms with Gasteiger partial charge in [0.05, 0.1) is 0 Å². The van der Waals surface area contributed by atoms with Gasteiger partial charge in [-0.3, -0.25) is 0 Å². The average Bonchev–Trinajstić information content (AvgIpc) is 2.67. The highest BCUT2D eigenvalue weighted by atomic mass is 32.2. The molecule has 1 aromatic rings. The Morgan fingerprint density at radius 2 is 1.70 bits per heavy atom. The zero-order valence-electron chi connectivity index (χ0n) is 17.1. The molecule has 0 radical (unpaired) electrons. The number of likely N-dealkylation sites (tertiary alicyclic amines) is 1. The number of benzene rings is 1. The Bertz CT molecular complexity index is 597. The third-order valence-corrected chi connectivity index (χ3v) is 6.97. The van der Waals surface area contributed by atoms with Gasteiger partial charge in [0.1, 0.15) is 0 Å². The van der Waals surface area contributed by atoms with E-state index in [1.165, 1.54) is 55.8 Å². The molecular weight excluding hydrogens is 354 g/mol. The highest BCUT2D eigenvalue weighted by Gasteiger charge is 2.26. The van der Waals surface area contributed by atoms with Crippen LogP contribution in [0.5, 0.6) is 0 Å². The van der Waals surface area contributed by atoms with E-state index in [1.807, 2.05) is 12.1 Å². The van der Waals surface area contributed by atoms with Gasteiger partial charge in [0, 0.05) is 18.3 Å². The lowest BCUT2D eigenvalue weighted by atomic mass is 9.87. The smallest absolute Gasteiger partial charge is 0.319 e. The molecule has 2 fully saturated rings. The maximum absolute atomic E-state index is 12.2. The molecule has 1 aromatic carbocycles. The molecule has 2 saturated heterocycles. The lowest BCUT2D eigenvalue weighted by molar-refractivity contribution is 0.125. The molecule has 2 aliphatic rings. The molecule has 0 spiro atoms. The van der Waals surface area contributed by atoms with Gasteiger partial charge in [-0.15, -0.1) is 0 Å². The third-order valence-electron chi connectivity index (χ3n) is 5.92. The van der Waals surface area contributed by atoms with Crippen molar-refractivity contribution in [2.45, 2.75) is 57.9 Å². The molecule has 2 N–H and O–H groups in total. The summed E-state index contributed by atoms with van der Waals surface area (Å²) in [5, 5.41) is 6.03. The number of nitrogens with zero attached hydrogens (tertiary/aromatic N) is 1. The van der Waals surface area contributed by atoms with E-state index in [4.69, 9.17) is 0 Å². The number of rotatable bonds is 4. The SMILES string of the molecule is CC(C)(C)c1ccc(NC(=O)NCC2CCN(C3CCSCC3)CC2)cc1. The van der Waals surface area contributed by atoms with Crippen molar-refractivity contribution in [2.75, 3.05) is 36.5 Å². The van der Waals surface area contributed by atoms with E-state index in [9.17, 15) is 4.79 Å². The van der Waals surface area contributed by atoms with Crippen molar-refractivity contribution in [3.8, 4) is 0 Å². The van der Waals surface area contributed by atoms with Gasteiger partial charge in [0.25, 0.3) is 0 Å². The summed E-state index contributed by atoms with van der Waals surface area (Å²) in [6.07, 6.45) is 5.10. The van der Waals surface area contributed by atoms with Crippen molar-refractivity contribution in [3.05, 3.63) is 29.8 Å². The van der Waals surface area contributed by atoms with Crippen LogP contribution in [-0.2, 0) is 5.41 Å². The van der Waals surface area contributed by atoms with Crippen molar-refractivity contribution < 1.29 is 4.79 Å². The first-order valence-electron chi connectivity index (χ1n) is 10.4. The van der Waals surface area contributed by atoms with Gasteiger partial charge in [0.2, 0.25) is 0 Å². The second-order valence-electron chi connectivity index (χ2n) is 8.99. The van der Waals surface area contributed by atoms with Gasteiger partial charge in [-0.05, 0) is 79.3 Å². The summed E-state index contributed by atoms with van der Waals surface area (Å²) in [5.74, 6) is 3.25. The second kappa shape index (κ2) is 9.33. The van der Waals surface area contributed by atoms with E-state index in [-0.39, 0.29) is 11.4 Å². The molecule has 0 saturated carbocycles. The number of piperidine rings is 1. The number of anilines is 1. The molecule has 27 heavy (non-hydrogen) atoms. The van der Waals surface area contributed by atoms with E-state index >= 15 is 0 Å². The number of carbonyl (C=O) groups excluding carboxylic acids is 1. The molecule has 0 unspecified atom stereocenters. The van der Waals surface area contributed by atoms with Crippen LogP contribution in [0.4, 0.5) is 10.5 Å². The van der Waals surface area contributed by atoms with Crippen LogP contribution in [0.2, 0.25) is 0 Å². The maximum atomic E-state index is 12.2. The highest BCUT2D eigenvalue weighted by Crippen LogP contribution is 2.26. The lowest BCUT2D eigenvalue weighted by Gasteiger charge is -2.39. The summed E-state index contributed by atoms with van der Waals surface area (Å²) in [6.45, 7) is 9.75. The Balaban J connectivity index is 1.37. The number of hydrogen-bond donors (Lipinski definition) is 2. The van der Waals surface area contributed by atoms with Crippen LogP contribution >= 0.6 is 11.8 Å². The van der Waals surface area contributed by atoms with Crippen molar-refractivity contribution in [2.24, 2.45) is 5.92 Å². The molecule has 0 atom stereocenters. The topological polar surface area (TPSA) is 44.4 Å². The summed E-state index contributed by atoms with van der Waals surface area (Å²) in [5.41, 5.74) is 2.26. The molecule has 2 amide bonds. The minimum Gasteiger partial charge on any atom is -0.338 e. The molecule has 0 bridgehead atoms.